The molecule has 1 amide bonds. The van der Waals surface area contributed by atoms with E-state index in [0.717, 1.165) is 16.9 Å². The first-order valence-electron chi connectivity index (χ1n) is 5.95. The van der Waals surface area contributed by atoms with Gasteiger partial charge in [-0.3, -0.25) is 4.79 Å². The number of aryl methyl sites for hydroxylation is 1. The predicted octanol–water partition coefficient (Wildman–Crippen LogP) is 3.94. The number of anilines is 2. The molecule has 0 aliphatic rings. The molecule has 0 radical (unpaired) electrons. The number of hydrogen-bond acceptors (Lipinski definition) is 2. The fraction of sp³-hybridized carbons (Fsp3) is 0.133. The van der Waals surface area contributed by atoms with Crippen molar-refractivity contribution in [2.75, 3.05) is 17.7 Å². The number of carbonyl (C=O) groups is 1. The minimum absolute atomic E-state index is 0.145. The Hall–Kier alpha value is -2.00. The smallest absolute Gasteiger partial charge is 0.255 e. The predicted molar refractivity (Wildman–Crippen MR) is 80.1 cm³/mol. The van der Waals surface area contributed by atoms with Gasteiger partial charge in [0.1, 0.15) is 0 Å². The van der Waals surface area contributed by atoms with Crippen LogP contribution in [0.5, 0.6) is 0 Å². The summed E-state index contributed by atoms with van der Waals surface area (Å²) in [6.07, 6.45) is 0. The molecule has 3 nitrogen and oxygen atoms in total. The van der Waals surface area contributed by atoms with Crippen molar-refractivity contribution in [1.29, 1.82) is 0 Å². The minimum atomic E-state index is -0.145. The highest BCUT2D eigenvalue weighted by Gasteiger charge is 2.08. The maximum Gasteiger partial charge on any atom is 0.255 e. The van der Waals surface area contributed by atoms with Crippen molar-refractivity contribution < 1.29 is 4.79 Å². The summed E-state index contributed by atoms with van der Waals surface area (Å²) in [4.78, 5) is 12.1. The van der Waals surface area contributed by atoms with Gasteiger partial charge >= 0.3 is 0 Å². The normalized spacial score (nSPS) is 10.1. The van der Waals surface area contributed by atoms with E-state index in [-0.39, 0.29) is 5.91 Å². The lowest BCUT2D eigenvalue weighted by Gasteiger charge is -2.09. The Bertz CT molecular complexity index is 594. The van der Waals surface area contributed by atoms with E-state index in [1.54, 1.807) is 24.3 Å². The van der Waals surface area contributed by atoms with Gasteiger partial charge in [0.2, 0.25) is 0 Å². The van der Waals surface area contributed by atoms with Crippen LogP contribution >= 0.6 is 11.6 Å². The van der Waals surface area contributed by atoms with E-state index in [9.17, 15) is 4.79 Å². The molecule has 4 heteroatoms. The zero-order chi connectivity index (χ0) is 13.8. The molecule has 2 N–H and O–H groups in total. The van der Waals surface area contributed by atoms with E-state index < -0.39 is 0 Å². The van der Waals surface area contributed by atoms with Gasteiger partial charge in [0.05, 0.1) is 0 Å². The van der Waals surface area contributed by atoms with Crippen LogP contribution in [0.1, 0.15) is 15.9 Å². The van der Waals surface area contributed by atoms with Crippen molar-refractivity contribution in [3.05, 3.63) is 58.6 Å². The number of halogens is 1. The van der Waals surface area contributed by atoms with Crippen LogP contribution in [0.3, 0.4) is 0 Å². The molecule has 0 aromatic heterocycles. The maximum absolute atomic E-state index is 12.1. The first-order valence-corrected chi connectivity index (χ1v) is 6.33. The average Bonchev–Trinajstić information content (AvgIpc) is 2.43. The van der Waals surface area contributed by atoms with Crippen molar-refractivity contribution in [2.45, 2.75) is 6.92 Å². The van der Waals surface area contributed by atoms with Gasteiger partial charge in [0.15, 0.2) is 0 Å². The topological polar surface area (TPSA) is 41.1 Å². The van der Waals surface area contributed by atoms with Gasteiger partial charge < -0.3 is 10.6 Å². The van der Waals surface area contributed by atoms with E-state index in [0.29, 0.717) is 10.6 Å². The van der Waals surface area contributed by atoms with E-state index in [1.807, 2.05) is 32.2 Å². The highest BCUT2D eigenvalue weighted by molar-refractivity contribution is 6.31. The number of nitrogens with one attached hydrogen (secondary N) is 2. The Morgan fingerprint density at radius 1 is 1.11 bits per heavy atom. The number of hydrogen-bond donors (Lipinski definition) is 2. The molecule has 0 saturated heterocycles. The Kier molecular flexibility index (Phi) is 4.07. The lowest BCUT2D eigenvalue weighted by atomic mass is 10.1. The molecular formula is C15H15ClN2O. The van der Waals surface area contributed by atoms with Gasteiger partial charge in [0.25, 0.3) is 5.91 Å². The lowest BCUT2D eigenvalue weighted by molar-refractivity contribution is 0.102. The summed E-state index contributed by atoms with van der Waals surface area (Å²) < 4.78 is 0. The first-order chi connectivity index (χ1) is 9.10. The zero-order valence-corrected chi connectivity index (χ0v) is 11.6. The van der Waals surface area contributed by atoms with E-state index >= 15 is 0 Å². The van der Waals surface area contributed by atoms with Gasteiger partial charge in [-0.2, -0.15) is 0 Å². The van der Waals surface area contributed by atoms with Gasteiger partial charge in [-0.15, -0.1) is 0 Å². The highest BCUT2D eigenvalue weighted by atomic mass is 35.5. The second-order valence-corrected chi connectivity index (χ2v) is 4.68. The van der Waals surface area contributed by atoms with Crippen LogP contribution in [-0.2, 0) is 0 Å². The second kappa shape index (κ2) is 5.76. The molecule has 2 rings (SSSR count). The third kappa shape index (κ3) is 3.26. The van der Waals surface area contributed by atoms with Crippen LogP contribution in [0, 0.1) is 6.92 Å². The fourth-order valence-electron chi connectivity index (χ4n) is 1.71. The summed E-state index contributed by atoms with van der Waals surface area (Å²) in [6.45, 7) is 1.93. The van der Waals surface area contributed by atoms with E-state index in [4.69, 9.17) is 11.6 Å². The van der Waals surface area contributed by atoms with Crippen LogP contribution in [-0.4, -0.2) is 13.0 Å². The summed E-state index contributed by atoms with van der Waals surface area (Å²) >= 11 is 5.93. The Balaban J connectivity index is 2.18. The molecule has 0 saturated carbocycles. The highest BCUT2D eigenvalue weighted by Crippen LogP contribution is 2.21. The summed E-state index contributed by atoms with van der Waals surface area (Å²) in [5.74, 6) is -0.145. The molecule has 19 heavy (non-hydrogen) atoms. The van der Waals surface area contributed by atoms with Crippen LogP contribution < -0.4 is 10.6 Å². The van der Waals surface area contributed by atoms with Gasteiger partial charge in [-0.1, -0.05) is 17.7 Å². The summed E-state index contributed by atoms with van der Waals surface area (Å²) in [5, 5.41) is 6.47. The maximum atomic E-state index is 12.1. The van der Waals surface area contributed by atoms with E-state index in [2.05, 4.69) is 10.6 Å². The summed E-state index contributed by atoms with van der Waals surface area (Å²) in [5.41, 5.74) is 3.29. The molecule has 0 spiro atoms. The van der Waals surface area contributed by atoms with E-state index in [1.165, 1.54) is 0 Å². The third-order valence-electron chi connectivity index (χ3n) is 2.88. The minimum Gasteiger partial charge on any atom is -0.388 e. The Morgan fingerprint density at radius 3 is 2.42 bits per heavy atom. The first kappa shape index (κ1) is 13.4. The van der Waals surface area contributed by atoms with Crippen LogP contribution in [0.2, 0.25) is 5.02 Å². The zero-order valence-electron chi connectivity index (χ0n) is 10.8. The van der Waals surface area contributed by atoms with Crippen LogP contribution in [0.15, 0.2) is 42.5 Å². The van der Waals surface area contributed by atoms with Crippen molar-refractivity contribution >= 4 is 28.9 Å². The SMILES string of the molecule is CNc1ccc(C(=O)Nc2cc(Cl)ccc2C)cc1. The fourth-order valence-corrected chi connectivity index (χ4v) is 1.88. The average molecular weight is 275 g/mol. The molecule has 0 aliphatic heterocycles. The molecular weight excluding hydrogens is 260 g/mol. The largest absolute Gasteiger partial charge is 0.388 e. The number of carbonyl (C=O) groups excluding carboxylic acids is 1. The molecule has 0 aliphatic carbocycles. The van der Waals surface area contributed by atoms with Crippen molar-refractivity contribution in [2.24, 2.45) is 0 Å². The van der Waals surface area contributed by atoms with Gasteiger partial charge in [-0.05, 0) is 48.9 Å². The summed E-state index contributed by atoms with van der Waals surface area (Å²) in [6, 6.07) is 12.7. The quantitative estimate of drug-likeness (QED) is 0.890. The van der Waals surface area contributed by atoms with Crippen molar-refractivity contribution in [3.63, 3.8) is 0 Å². The Morgan fingerprint density at radius 2 is 1.79 bits per heavy atom. The second-order valence-electron chi connectivity index (χ2n) is 4.24. The number of benzene rings is 2. The van der Waals surface area contributed by atoms with Gasteiger partial charge in [0, 0.05) is 29.0 Å². The third-order valence-corrected chi connectivity index (χ3v) is 3.12. The molecule has 2 aromatic carbocycles. The van der Waals surface area contributed by atoms with Crippen LogP contribution in [0.4, 0.5) is 11.4 Å². The molecule has 2 aromatic rings. The molecule has 0 unspecified atom stereocenters. The molecule has 0 heterocycles. The number of amides is 1. The van der Waals surface area contributed by atoms with Crippen LogP contribution in [0.25, 0.3) is 0 Å². The van der Waals surface area contributed by atoms with Gasteiger partial charge in [-0.25, -0.2) is 0 Å². The monoisotopic (exact) mass is 274 g/mol. The Labute approximate surface area is 117 Å². The molecule has 98 valence electrons. The van der Waals surface area contributed by atoms with Crippen molar-refractivity contribution in [3.8, 4) is 0 Å². The van der Waals surface area contributed by atoms with Crippen molar-refractivity contribution in [1.82, 2.24) is 0 Å². The number of rotatable bonds is 3. The summed E-state index contributed by atoms with van der Waals surface area (Å²) in [7, 11) is 1.84. The standard InChI is InChI=1S/C15H15ClN2O/c1-10-3-6-12(16)9-14(10)18-15(19)11-4-7-13(17-2)8-5-11/h3-9,17H,1-2H3,(H,18,19). The molecule has 0 atom stereocenters. The molecule has 0 fully saturated rings. The lowest BCUT2D eigenvalue weighted by Crippen LogP contribution is -2.12. The molecule has 0 bridgehead atoms.